The number of thiazole rings is 1. The van der Waals surface area contributed by atoms with Crippen molar-refractivity contribution in [2.24, 2.45) is 0 Å². The first-order valence-electron chi connectivity index (χ1n) is 5.53. The van der Waals surface area contributed by atoms with E-state index in [2.05, 4.69) is 11.1 Å². The number of rotatable bonds is 2. The molecule has 90 valence electrons. The van der Waals surface area contributed by atoms with E-state index in [9.17, 15) is 4.55 Å². The normalized spacial score (nSPS) is 12.8. The second-order valence-electron chi connectivity index (χ2n) is 3.97. The van der Waals surface area contributed by atoms with E-state index in [0.717, 1.165) is 21.0 Å². The smallest absolute Gasteiger partial charge is 0.152 e. The van der Waals surface area contributed by atoms with Crippen LogP contribution in [0.3, 0.4) is 0 Å². The molecule has 2 aromatic carbocycles. The van der Waals surface area contributed by atoms with Crippen LogP contribution < -0.4 is 0 Å². The van der Waals surface area contributed by atoms with Crippen LogP contribution in [0.15, 0.2) is 53.4 Å². The van der Waals surface area contributed by atoms with E-state index in [1.165, 1.54) is 4.70 Å². The van der Waals surface area contributed by atoms with Crippen LogP contribution in [0.5, 0.6) is 0 Å². The highest BCUT2D eigenvalue weighted by molar-refractivity contribution is 7.90. The molecule has 1 aromatic heterocycles. The van der Waals surface area contributed by atoms with Gasteiger partial charge in [-0.3, -0.25) is 0 Å². The molecule has 0 aliphatic carbocycles. The zero-order valence-electron chi connectivity index (χ0n) is 9.79. The maximum atomic E-state index is 11.3. The van der Waals surface area contributed by atoms with Crippen molar-refractivity contribution in [3.8, 4) is 10.6 Å². The Morgan fingerprint density at radius 1 is 1.06 bits per heavy atom. The van der Waals surface area contributed by atoms with E-state index in [-0.39, 0.29) is 0 Å². The SMILES string of the molecule is C[S+]([O-])c1ccc(-c2nc3ccccc3s2)cc1. The number of hydrogen-bond acceptors (Lipinski definition) is 3. The van der Waals surface area contributed by atoms with Crippen molar-refractivity contribution >= 4 is 32.7 Å². The number of benzene rings is 2. The first-order chi connectivity index (χ1) is 8.74. The Kier molecular flexibility index (Phi) is 3.07. The van der Waals surface area contributed by atoms with Crippen molar-refractivity contribution < 1.29 is 4.55 Å². The molecular formula is C14H11NOS2. The molecule has 2 nitrogen and oxygen atoms in total. The fraction of sp³-hybridized carbons (Fsp3) is 0.0714. The Hall–Kier alpha value is -1.36. The summed E-state index contributed by atoms with van der Waals surface area (Å²) in [6, 6.07) is 15.9. The zero-order chi connectivity index (χ0) is 12.5. The van der Waals surface area contributed by atoms with Gasteiger partial charge in [0.15, 0.2) is 4.90 Å². The van der Waals surface area contributed by atoms with E-state index in [0.29, 0.717) is 0 Å². The Bertz CT molecular complexity index is 641. The summed E-state index contributed by atoms with van der Waals surface area (Å²) in [5, 5.41) is 1.00. The number of nitrogens with zero attached hydrogens (tertiary/aromatic N) is 1. The van der Waals surface area contributed by atoms with Crippen LogP contribution in [0.25, 0.3) is 20.8 Å². The summed E-state index contributed by atoms with van der Waals surface area (Å²) in [6.07, 6.45) is 1.69. The Morgan fingerprint density at radius 2 is 1.78 bits per heavy atom. The molecule has 0 spiro atoms. The van der Waals surface area contributed by atoms with Gasteiger partial charge in [-0.1, -0.05) is 12.1 Å². The second kappa shape index (κ2) is 4.72. The zero-order valence-corrected chi connectivity index (χ0v) is 11.4. The van der Waals surface area contributed by atoms with E-state index < -0.39 is 11.2 Å². The first kappa shape index (κ1) is 11.7. The summed E-state index contributed by atoms with van der Waals surface area (Å²) in [7, 11) is 0. The molecule has 1 heterocycles. The van der Waals surface area contributed by atoms with Gasteiger partial charge in [-0.25, -0.2) is 4.98 Å². The summed E-state index contributed by atoms with van der Waals surface area (Å²) >= 11 is 0.752. The van der Waals surface area contributed by atoms with Gasteiger partial charge in [0.1, 0.15) is 11.3 Å². The van der Waals surface area contributed by atoms with Crippen LogP contribution in [-0.4, -0.2) is 15.8 Å². The third-order valence-electron chi connectivity index (χ3n) is 2.73. The van der Waals surface area contributed by atoms with Gasteiger partial charge < -0.3 is 4.55 Å². The van der Waals surface area contributed by atoms with Gasteiger partial charge in [-0.15, -0.1) is 11.3 Å². The summed E-state index contributed by atoms with van der Waals surface area (Å²) in [5.74, 6) is 0. The molecule has 1 atom stereocenters. The minimum absolute atomic E-state index is 0.847. The third-order valence-corrected chi connectivity index (χ3v) is 4.75. The van der Waals surface area contributed by atoms with Gasteiger partial charge in [0.05, 0.1) is 10.2 Å². The average molecular weight is 273 g/mol. The Morgan fingerprint density at radius 3 is 2.44 bits per heavy atom. The van der Waals surface area contributed by atoms with Crippen LogP contribution in [0.4, 0.5) is 0 Å². The second-order valence-corrected chi connectivity index (χ2v) is 6.38. The monoisotopic (exact) mass is 273 g/mol. The van der Waals surface area contributed by atoms with Gasteiger partial charge in [-0.05, 0) is 47.6 Å². The van der Waals surface area contributed by atoms with Gasteiger partial charge in [0, 0.05) is 5.56 Å². The summed E-state index contributed by atoms with van der Waals surface area (Å²) in [6.45, 7) is 0. The third kappa shape index (κ3) is 2.14. The summed E-state index contributed by atoms with van der Waals surface area (Å²) < 4.78 is 12.5. The highest BCUT2D eigenvalue weighted by Gasteiger charge is 2.08. The summed E-state index contributed by atoms with van der Waals surface area (Å²) in [5.41, 5.74) is 2.10. The fourth-order valence-electron chi connectivity index (χ4n) is 1.78. The largest absolute Gasteiger partial charge is 0.612 e. The van der Waals surface area contributed by atoms with Crippen LogP contribution in [0.2, 0.25) is 0 Å². The van der Waals surface area contributed by atoms with Crippen LogP contribution in [0.1, 0.15) is 0 Å². The average Bonchev–Trinajstić information content (AvgIpc) is 2.82. The van der Waals surface area contributed by atoms with Crippen molar-refractivity contribution in [2.45, 2.75) is 4.90 Å². The number of hydrogen-bond donors (Lipinski definition) is 0. The predicted molar refractivity (Wildman–Crippen MR) is 77.4 cm³/mol. The lowest BCUT2D eigenvalue weighted by Gasteiger charge is -2.03. The molecule has 4 heteroatoms. The number of aromatic nitrogens is 1. The van der Waals surface area contributed by atoms with Crippen molar-refractivity contribution in [3.05, 3.63) is 48.5 Å². The molecule has 0 N–H and O–H groups in total. The molecule has 0 fully saturated rings. The molecule has 0 saturated heterocycles. The molecule has 3 rings (SSSR count). The molecule has 0 aliphatic heterocycles. The van der Waals surface area contributed by atoms with Crippen molar-refractivity contribution in [2.75, 3.05) is 6.26 Å². The molecule has 3 aromatic rings. The maximum absolute atomic E-state index is 11.3. The standard InChI is InChI=1S/C14H11NOS2/c1-18(16)11-8-6-10(7-9-11)14-15-12-4-2-3-5-13(12)17-14/h2-9H,1H3. The van der Waals surface area contributed by atoms with Crippen LogP contribution >= 0.6 is 11.3 Å². The lowest BCUT2D eigenvalue weighted by Crippen LogP contribution is -1.96. The number of para-hydroxylation sites is 1. The first-order valence-corrected chi connectivity index (χ1v) is 7.91. The molecule has 0 radical (unpaired) electrons. The van der Waals surface area contributed by atoms with Crippen LogP contribution in [-0.2, 0) is 11.2 Å². The van der Waals surface area contributed by atoms with E-state index >= 15 is 0 Å². The predicted octanol–water partition coefficient (Wildman–Crippen LogP) is 3.70. The van der Waals surface area contributed by atoms with E-state index in [4.69, 9.17) is 0 Å². The molecule has 0 bridgehead atoms. The molecule has 0 saturated carbocycles. The van der Waals surface area contributed by atoms with E-state index in [1.54, 1.807) is 17.6 Å². The van der Waals surface area contributed by atoms with Gasteiger partial charge in [0.25, 0.3) is 0 Å². The fourth-order valence-corrected chi connectivity index (χ4v) is 3.28. The van der Waals surface area contributed by atoms with E-state index in [1.807, 2.05) is 42.5 Å². The lowest BCUT2D eigenvalue weighted by atomic mass is 10.2. The molecule has 0 aliphatic rings. The minimum atomic E-state index is -0.925. The topological polar surface area (TPSA) is 36.0 Å². The number of fused-ring (bicyclic) bond motifs is 1. The highest BCUT2D eigenvalue weighted by Crippen LogP contribution is 2.30. The van der Waals surface area contributed by atoms with Crippen molar-refractivity contribution in [1.82, 2.24) is 4.98 Å². The van der Waals surface area contributed by atoms with Gasteiger partial charge >= 0.3 is 0 Å². The van der Waals surface area contributed by atoms with Crippen LogP contribution in [0, 0.1) is 0 Å². The minimum Gasteiger partial charge on any atom is -0.612 e. The summed E-state index contributed by atoms with van der Waals surface area (Å²) in [4.78, 5) is 5.45. The molecule has 0 amide bonds. The Labute approximate surface area is 112 Å². The molecule has 18 heavy (non-hydrogen) atoms. The van der Waals surface area contributed by atoms with Crippen molar-refractivity contribution in [1.29, 1.82) is 0 Å². The lowest BCUT2D eigenvalue weighted by molar-refractivity contribution is 0.601. The maximum Gasteiger partial charge on any atom is 0.152 e. The van der Waals surface area contributed by atoms with Crippen molar-refractivity contribution in [3.63, 3.8) is 0 Å². The highest BCUT2D eigenvalue weighted by atomic mass is 32.2. The Balaban J connectivity index is 2.03. The molecular weight excluding hydrogens is 262 g/mol. The van der Waals surface area contributed by atoms with Gasteiger partial charge in [0.2, 0.25) is 0 Å². The molecule has 1 unspecified atom stereocenters. The quantitative estimate of drug-likeness (QED) is 0.667. The van der Waals surface area contributed by atoms with Gasteiger partial charge in [-0.2, -0.15) is 0 Å².